The first-order valence-corrected chi connectivity index (χ1v) is 6.30. The molecule has 0 saturated carbocycles. The summed E-state index contributed by atoms with van der Waals surface area (Å²) in [5.41, 5.74) is 7.41. The Bertz CT molecular complexity index is 670. The zero-order valence-corrected chi connectivity index (χ0v) is 10.7. The number of fused-ring (bicyclic) bond motifs is 1. The molecule has 5 nitrogen and oxygen atoms in total. The molecule has 5 heteroatoms. The standard InChI is InChI=1S/C15H13N3O2/c16-14(19)13-9-10-5-1-2-7-12(10)18(13)15(20)11-6-3-4-8-17-11/h1-8,13H,9H2,(H2,16,19)/t13-/m0/s1. The summed E-state index contributed by atoms with van der Waals surface area (Å²) in [5.74, 6) is -0.815. The van der Waals surface area contributed by atoms with Gasteiger partial charge >= 0.3 is 0 Å². The lowest BCUT2D eigenvalue weighted by Crippen LogP contribution is -2.46. The number of hydrogen-bond acceptors (Lipinski definition) is 3. The number of benzene rings is 1. The van der Waals surface area contributed by atoms with E-state index < -0.39 is 11.9 Å². The monoisotopic (exact) mass is 267 g/mol. The average Bonchev–Trinajstić information content (AvgIpc) is 2.87. The third-order valence-electron chi connectivity index (χ3n) is 3.41. The summed E-state index contributed by atoms with van der Waals surface area (Å²) >= 11 is 0. The highest BCUT2D eigenvalue weighted by atomic mass is 16.2. The fourth-order valence-corrected chi connectivity index (χ4v) is 2.48. The van der Waals surface area contributed by atoms with E-state index in [1.807, 2.05) is 24.3 Å². The van der Waals surface area contributed by atoms with Gasteiger partial charge in [-0.1, -0.05) is 24.3 Å². The molecule has 0 aliphatic carbocycles. The molecule has 2 heterocycles. The van der Waals surface area contributed by atoms with Crippen molar-refractivity contribution < 1.29 is 9.59 Å². The van der Waals surface area contributed by atoms with Gasteiger partial charge in [0.05, 0.1) is 0 Å². The van der Waals surface area contributed by atoms with Crippen LogP contribution in [-0.2, 0) is 11.2 Å². The Morgan fingerprint density at radius 2 is 1.90 bits per heavy atom. The van der Waals surface area contributed by atoms with Crippen molar-refractivity contribution in [3.63, 3.8) is 0 Å². The molecule has 20 heavy (non-hydrogen) atoms. The van der Waals surface area contributed by atoms with Gasteiger partial charge in [0.1, 0.15) is 11.7 Å². The van der Waals surface area contributed by atoms with E-state index in [2.05, 4.69) is 4.98 Å². The maximum Gasteiger partial charge on any atom is 0.277 e. The fourth-order valence-electron chi connectivity index (χ4n) is 2.48. The zero-order chi connectivity index (χ0) is 14.1. The highest BCUT2D eigenvalue weighted by Crippen LogP contribution is 2.32. The van der Waals surface area contributed by atoms with Gasteiger partial charge in [0.15, 0.2) is 0 Å². The number of nitrogens with zero attached hydrogens (tertiary/aromatic N) is 2. The number of anilines is 1. The fraction of sp³-hybridized carbons (Fsp3) is 0.133. The van der Waals surface area contributed by atoms with Gasteiger partial charge in [0.2, 0.25) is 5.91 Å². The van der Waals surface area contributed by atoms with E-state index in [0.29, 0.717) is 12.1 Å². The van der Waals surface area contributed by atoms with Crippen molar-refractivity contribution in [2.24, 2.45) is 5.73 Å². The van der Waals surface area contributed by atoms with Crippen LogP contribution in [0.15, 0.2) is 48.7 Å². The third-order valence-corrected chi connectivity index (χ3v) is 3.41. The number of aromatic nitrogens is 1. The Hall–Kier alpha value is -2.69. The third kappa shape index (κ3) is 1.93. The molecular formula is C15H13N3O2. The van der Waals surface area contributed by atoms with Crippen LogP contribution in [0.1, 0.15) is 16.1 Å². The minimum absolute atomic E-state index is 0.301. The minimum Gasteiger partial charge on any atom is -0.368 e. The predicted octanol–water partition coefficient (Wildman–Crippen LogP) is 1.14. The molecule has 0 fully saturated rings. The van der Waals surface area contributed by atoms with E-state index in [-0.39, 0.29) is 5.91 Å². The Morgan fingerprint density at radius 3 is 2.60 bits per heavy atom. The molecule has 100 valence electrons. The Balaban J connectivity index is 2.05. The van der Waals surface area contributed by atoms with Crippen molar-refractivity contribution in [1.82, 2.24) is 4.98 Å². The molecule has 0 bridgehead atoms. The van der Waals surface area contributed by atoms with Gasteiger partial charge in [-0.2, -0.15) is 0 Å². The molecule has 1 aromatic carbocycles. The van der Waals surface area contributed by atoms with Gasteiger partial charge in [-0.05, 0) is 23.8 Å². The van der Waals surface area contributed by atoms with E-state index in [1.54, 1.807) is 24.4 Å². The van der Waals surface area contributed by atoms with E-state index in [9.17, 15) is 9.59 Å². The van der Waals surface area contributed by atoms with Crippen molar-refractivity contribution in [2.75, 3.05) is 4.90 Å². The van der Waals surface area contributed by atoms with Crippen LogP contribution in [0.5, 0.6) is 0 Å². The number of carbonyl (C=O) groups excluding carboxylic acids is 2. The topological polar surface area (TPSA) is 76.3 Å². The lowest BCUT2D eigenvalue weighted by Gasteiger charge is -2.22. The summed E-state index contributed by atoms with van der Waals surface area (Å²) in [6, 6.07) is 11.9. The second-order valence-corrected chi connectivity index (χ2v) is 4.64. The number of nitrogens with two attached hydrogens (primary N) is 1. The molecular weight excluding hydrogens is 254 g/mol. The van der Waals surface area contributed by atoms with Gasteiger partial charge in [0.25, 0.3) is 5.91 Å². The second-order valence-electron chi connectivity index (χ2n) is 4.64. The van der Waals surface area contributed by atoms with Gasteiger partial charge in [-0.3, -0.25) is 19.5 Å². The zero-order valence-electron chi connectivity index (χ0n) is 10.7. The van der Waals surface area contributed by atoms with Gasteiger partial charge in [-0.25, -0.2) is 0 Å². The quantitative estimate of drug-likeness (QED) is 0.886. The first-order valence-electron chi connectivity index (χ1n) is 6.30. The second kappa shape index (κ2) is 4.77. The lowest BCUT2D eigenvalue weighted by atomic mass is 10.1. The number of hydrogen-bond donors (Lipinski definition) is 1. The van der Waals surface area contributed by atoms with E-state index >= 15 is 0 Å². The molecule has 0 radical (unpaired) electrons. The average molecular weight is 267 g/mol. The number of rotatable bonds is 2. The van der Waals surface area contributed by atoms with Gasteiger partial charge in [-0.15, -0.1) is 0 Å². The summed E-state index contributed by atoms with van der Waals surface area (Å²) in [4.78, 5) is 29.7. The van der Waals surface area contributed by atoms with Crippen molar-refractivity contribution in [3.05, 3.63) is 59.9 Å². The predicted molar refractivity (Wildman–Crippen MR) is 74.2 cm³/mol. The van der Waals surface area contributed by atoms with Gasteiger partial charge < -0.3 is 5.73 Å². The summed E-state index contributed by atoms with van der Waals surface area (Å²) in [6.07, 6.45) is 2.00. The smallest absolute Gasteiger partial charge is 0.277 e. The number of carbonyl (C=O) groups is 2. The molecule has 2 N–H and O–H groups in total. The molecule has 1 aromatic heterocycles. The van der Waals surface area contributed by atoms with Crippen LogP contribution in [0.25, 0.3) is 0 Å². The molecule has 0 unspecified atom stereocenters. The molecule has 0 saturated heterocycles. The summed E-state index contributed by atoms with van der Waals surface area (Å²) in [7, 11) is 0. The largest absolute Gasteiger partial charge is 0.368 e. The number of pyridine rings is 1. The molecule has 1 aliphatic heterocycles. The van der Waals surface area contributed by atoms with Crippen LogP contribution in [-0.4, -0.2) is 22.8 Å². The molecule has 2 aromatic rings. The van der Waals surface area contributed by atoms with E-state index in [0.717, 1.165) is 11.3 Å². The van der Waals surface area contributed by atoms with Crippen molar-refractivity contribution in [3.8, 4) is 0 Å². The Morgan fingerprint density at radius 1 is 1.15 bits per heavy atom. The van der Waals surface area contributed by atoms with Crippen molar-refractivity contribution in [1.29, 1.82) is 0 Å². The first kappa shape index (κ1) is 12.3. The lowest BCUT2D eigenvalue weighted by molar-refractivity contribution is -0.119. The van der Waals surface area contributed by atoms with Crippen molar-refractivity contribution >= 4 is 17.5 Å². The van der Waals surface area contributed by atoms with Crippen LogP contribution >= 0.6 is 0 Å². The number of para-hydroxylation sites is 1. The van der Waals surface area contributed by atoms with Crippen LogP contribution < -0.4 is 10.6 Å². The summed E-state index contributed by atoms with van der Waals surface area (Å²) in [5, 5.41) is 0. The summed E-state index contributed by atoms with van der Waals surface area (Å²) in [6.45, 7) is 0. The molecule has 0 spiro atoms. The Labute approximate surface area is 116 Å². The molecule has 3 rings (SSSR count). The van der Waals surface area contributed by atoms with E-state index in [1.165, 1.54) is 4.90 Å². The van der Waals surface area contributed by atoms with Crippen LogP contribution in [0.3, 0.4) is 0 Å². The van der Waals surface area contributed by atoms with Crippen molar-refractivity contribution in [2.45, 2.75) is 12.5 Å². The minimum atomic E-state index is -0.651. The first-order chi connectivity index (χ1) is 9.68. The molecule has 1 atom stereocenters. The van der Waals surface area contributed by atoms with Gasteiger partial charge in [0, 0.05) is 18.3 Å². The van der Waals surface area contributed by atoms with Crippen LogP contribution in [0.2, 0.25) is 0 Å². The number of primary amides is 1. The van der Waals surface area contributed by atoms with E-state index in [4.69, 9.17) is 5.73 Å². The van der Waals surface area contributed by atoms with Crippen LogP contribution in [0, 0.1) is 0 Å². The highest BCUT2D eigenvalue weighted by Gasteiger charge is 2.37. The number of amides is 2. The SMILES string of the molecule is NC(=O)[C@@H]1Cc2ccccc2N1C(=O)c1ccccn1. The van der Waals surface area contributed by atoms with Crippen LogP contribution in [0.4, 0.5) is 5.69 Å². The Kier molecular flexibility index (Phi) is 2.95. The molecule has 1 aliphatic rings. The highest BCUT2D eigenvalue weighted by molar-refractivity contribution is 6.10. The normalized spacial score (nSPS) is 16.8. The summed E-state index contributed by atoms with van der Waals surface area (Å²) < 4.78 is 0. The molecule has 2 amide bonds. The maximum atomic E-state index is 12.6. The maximum absolute atomic E-state index is 12.6.